The molecular weight excluding hydrogens is 160 g/mol. The molecule has 0 saturated carbocycles. The first kappa shape index (κ1) is 11.4. The van der Waals surface area contributed by atoms with Crippen molar-refractivity contribution in [3.8, 4) is 0 Å². The molecule has 0 amide bonds. The highest BCUT2D eigenvalue weighted by molar-refractivity contribution is 5.67. The van der Waals surface area contributed by atoms with Crippen LogP contribution in [-0.2, 0) is 14.3 Å². The smallest absolute Gasteiger partial charge is 0.329 e. The second kappa shape index (κ2) is 7.06. The van der Waals surface area contributed by atoms with E-state index in [4.69, 9.17) is 14.6 Å². The van der Waals surface area contributed by atoms with Crippen molar-refractivity contribution in [2.24, 2.45) is 0 Å². The average molecular weight is 176 g/mol. The van der Waals surface area contributed by atoms with Crippen LogP contribution in [0, 0.1) is 0 Å². The molecular formula is C8H16O4. The van der Waals surface area contributed by atoms with Crippen molar-refractivity contribution < 1.29 is 19.4 Å². The molecule has 0 aromatic carbocycles. The van der Waals surface area contributed by atoms with Crippen LogP contribution in [-0.4, -0.2) is 37.0 Å². The van der Waals surface area contributed by atoms with Crippen molar-refractivity contribution in [3.05, 3.63) is 0 Å². The third kappa shape index (κ3) is 7.50. The topological polar surface area (TPSA) is 55.8 Å². The van der Waals surface area contributed by atoms with Gasteiger partial charge in [-0.15, -0.1) is 0 Å². The highest BCUT2D eigenvalue weighted by Gasteiger charge is 1.98. The first-order valence-corrected chi connectivity index (χ1v) is 4.08. The van der Waals surface area contributed by atoms with E-state index in [-0.39, 0.29) is 12.7 Å². The van der Waals surface area contributed by atoms with Gasteiger partial charge in [0, 0.05) is 0 Å². The Bertz CT molecular complexity index is 124. The van der Waals surface area contributed by atoms with E-state index < -0.39 is 5.97 Å². The number of hydrogen-bond donors (Lipinski definition) is 1. The van der Waals surface area contributed by atoms with Crippen molar-refractivity contribution >= 4 is 5.97 Å². The summed E-state index contributed by atoms with van der Waals surface area (Å²) in [5.41, 5.74) is 0. The van der Waals surface area contributed by atoms with Gasteiger partial charge in [0.15, 0.2) is 0 Å². The van der Waals surface area contributed by atoms with Gasteiger partial charge in [-0.1, -0.05) is 6.92 Å². The highest BCUT2D eigenvalue weighted by atomic mass is 16.5. The number of aliphatic carboxylic acids is 1. The monoisotopic (exact) mass is 176 g/mol. The maximum absolute atomic E-state index is 9.99. The van der Waals surface area contributed by atoms with E-state index in [9.17, 15) is 4.79 Å². The number of carboxylic acid groups (broad SMARTS) is 1. The summed E-state index contributed by atoms with van der Waals surface area (Å²) in [5.74, 6) is -0.946. The van der Waals surface area contributed by atoms with Crippen LogP contribution < -0.4 is 0 Å². The van der Waals surface area contributed by atoms with Gasteiger partial charge in [-0.2, -0.15) is 0 Å². The molecule has 1 atom stereocenters. The molecule has 4 heteroatoms. The fourth-order valence-electron chi connectivity index (χ4n) is 0.586. The number of carboxylic acids is 1. The molecule has 1 unspecified atom stereocenters. The Balaban J connectivity index is 3.05. The van der Waals surface area contributed by atoms with Gasteiger partial charge in [0.25, 0.3) is 0 Å². The Morgan fingerprint density at radius 3 is 2.67 bits per heavy atom. The van der Waals surface area contributed by atoms with Crippen molar-refractivity contribution in [2.45, 2.75) is 26.4 Å². The van der Waals surface area contributed by atoms with E-state index in [2.05, 4.69) is 0 Å². The first-order chi connectivity index (χ1) is 5.66. The molecule has 0 radical (unpaired) electrons. The third-order valence-electron chi connectivity index (χ3n) is 1.43. The third-order valence-corrected chi connectivity index (χ3v) is 1.43. The molecule has 0 heterocycles. The highest BCUT2D eigenvalue weighted by Crippen LogP contribution is 1.94. The molecule has 0 saturated heterocycles. The van der Waals surface area contributed by atoms with E-state index in [1.165, 1.54) is 0 Å². The molecule has 4 nitrogen and oxygen atoms in total. The molecule has 0 aromatic rings. The van der Waals surface area contributed by atoms with Crippen LogP contribution in [0.5, 0.6) is 0 Å². The van der Waals surface area contributed by atoms with Crippen molar-refractivity contribution in [1.29, 1.82) is 0 Å². The van der Waals surface area contributed by atoms with E-state index >= 15 is 0 Å². The van der Waals surface area contributed by atoms with Gasteiger partial charge in [-0.3, -0.25) is 0 Å². The van der Waals surface area contributed by atoms with Crippen molar-refractivity contribution in [2.75, 3.05) is 19.8 Å². The lowest BCUT2D eigenvalue weighted by Gasteiger charge is -2.09. The summed E-state index contributed by atoms with van der Waals surface area (Å²) in [6.45, 7) is 4.56. The summed E-state index contributed by atoms with van der Waals surface area (Å²) in [6, 6.07) is 0. The lowest BCUT2D eigenvalue weighted by Crippen LogP contribution is -2.14. The van der Waals surface area contributed by atoms with Gasteiger partial charge >= 0.3 is 5.97 Å². The zero-order valence-corrected chi connectivity index (χ0v) is 7.58. The summed E-state index contributed by atoms with van der Waals surface area (Å²) in [4.78, 5) is 9.99. The molecule has 0 aliphatic carbocycles. The molecule has 0 bridgehead atoms. The van der Waals surface area contributed by atoms with Gasteiger partial charge in [-0.05, 0) is 13.3 Å². The Kier molecular flexibility index (Phi) is 6.70. The van der Waals surface area contributed by atoms with E-state index in [1.807, 2.05) is 13.8 Å². The fourth-order valence-corrected chi connectivity index (χ4v) is 0.586. The van der Waals surface area contributed by atoms with Crippen LogP contribution in [0.15, 0.2) is 0 Å². The molecule has 12 heavy (non-hydrogen) atoms. The van der Waals surface area contributed by atoms with Gasteiger partial charge in [0.05, 0.1) is 19.3 Å². The van der Waals surface area contributed by atoms with Crippen LogP contribution in [0.4, 0.5) is 0 Å². The molecule has 0 rings (SSSR count). The molecule has 0 spiro atoms. The second-order valence-electron chi connectivity index (χ2n) is 2.54. The minimum absolute atomic E-state index is 0.221. The summed E-state index contributed by atoms with van der Waals surface area (Å²) >= 11 is 0. The predicted molar refractivity (Wildman–Crippen MR) is 44.2 cm³/mol. The summed E-state index contributed by atoms with van der Waals surface area (Å²) < 4.78 is 10.0. The van der Waals surface area contributed by atoms with E-state index in [1.54, 1.807) is 0 Å². The molecule has 0 aliphatic heterocycles. The zero-order valence-electron chi connectivity index (χ0n) is 7.58. The molecule has 0 aliphatic rings. The normalized spacial score (nSPS) is 12.8. The summed E-state index contributed by atoms with van der Waals surface area (Å²) in [5, 5.41) is 8.20. The van der Waals surface area contributed by atoms with Crippen LogP contribution in [0.25, 0.3) is 0 Å². The Morgan fingerprint density at radius 1 is 1.50 bits per heavy atom. The van der Waals surface area contributed by atoms with Gasteiger partial charge in [0.2, 0.25) is 0 Å². The van der Waals surface area contributed by atoms with Crippen LogP contribution in [0.3, 0.4) is 0 Å². The summed E-state index contributed by atoms with van der Waals surface area (Å²) in [6.07, 6.45) is 1.18. The van der Waals surface area contributed by atoms with E-state index in [0.717, 1.165) is 6.42 Å². The summed E-state index contributed by atoms with van der Waals surface area (Å²) in [7, 11) is 0. The number of carbonyl (C=O) groups is 1. The lowest BCUT2D eigenvalue weighted by molar-refractivity contribution is -0.142. The fraction of sp³-hybridized carbons (Fsp3) is 0.875. The van der Waals surface area contributed by atoms with Gasteiger partial charge in [0.1, 0.15) is 6.61 Å². The lowest BCUT2D eigenvalue weighted by atomic mass is 10.3. The van der Waals surface area contributed by atoms with Crippen molar-refractivity contribution in [3.63, 3.8) is 0 Å². The maximum atomic E-state index is 9.99. The number of hydrogen-bond acceptors (Lipinski definition) is 3. The minimum Gasteiger partial charge on any atom is -0.480 e. The maximum Gasteiger partial charge on any atom is 0.329 e. The molecule has 1 N–H and O–H groups in total. The quantitative estimate of drug-likeness (QED) is 0.585. The average Bonchev–Trinajstić information content (AvgIpc) is 2.03. The second-order valence-corrected chi connectivity index (χ2v) is 2.54. The van der Waals surface area contributed by atoms with Crippen LogP contribution in [0.1, 0.15) is 20.3 Å². The Morgan fingerprint density at radius 2 is 2.17 bits per heavy atom. The molecule has 72 valence electrons. The molecule has 0 fully saturated rings. The minimum atomic E-state index is -0.946. The van der Waals surface area contributed by atoms with Crippen molar-refractivity contribution in [1.82, 2.24) is 0 Å². The van der Waals surface area contributed by atoms with E-state index in [0.29, 0.717) is 13.2 Å². The first-order valence-electron chi connectivity index (χ1n) is 4.08. The van der Waals surface area contributed by atoms with Gasteiger partial charge in [-0.25, -0.2) is 4.79 Å². The van der Waals surface area contributed by atoms with Gasteiger partial charge < -0.3 is 14.6 Å². The number of ether oxygens (including phenoxy) is 2. The Labute approximate surface area is 72.5 Å². The zero-order chi connectivity index (χ0) is 9.40. The number of rotatable bonds is 7. The predicted octanol–water partition coefficient (Wildman–Crippen LogP) is 0.903. The SMILES string of the molecule is CCC(C)OCCOCC(=O)O. The van der Waals surface area contributed by atoms with Crippen LogP contribution in [0.2, 0.25) is 0 Å². The standard InChI is InChI=1S/C8H16O4/c1-3-7(2)12-5-4-11-6-8(9)10/h7H,3-6H2,1-2H3,(H,9,10). The van der Waals surface area contributed by atoms with Crippen LogP contribution >= 0.6 is 0 Å². The largest absolute Gasteiger partial charge is 0.480 e. The Hall–Kier alpha value is -0.610. The molecule has 0 aromatic heterocycles.